The second-order valence-electron chi connectivity index (χ2n) is 6.82. The molecule has 1 aromatic rings. The van der Waals surface area contributed by atoms with Crippen LogP contribution < -0.4 is 5.32 Å². The Morgan fingerprint density at radius 3 is 2.62 bits per heavy atom. The zero-order valence-electron chi connectivity index (χ0n) is 12.8. The van der Waals surface area contributed by atoms with E-state index in [9.17, 15) is 4.79 Å². The van der Waals surface area contributed by atoms with Crippen molar-refractivity contribution in [2.75, 3.05) is 0 Å². The molecule has 1 aliphatic carbocycles. The highest BCUT2D eigenvalue weighted by Gasteiger charge is 2.46. The minimum Gasteiger partial charge on any atom is -0.319 e. The van der Waals surface area contributed by atoms with Crippen molar-refractivity contribution in [2.45, 2.75) is 51.9 Å². The molecule has 1 amide bonds. The first-order chi connectivity index (χ1) is 9.97. The predicted octanol–water partition coefficient (Wildman–Crippen LogP) is 3.59. The molecule has 1 aliphatic heterocycles. The number of nitrogens with zero attached hydrogens (tertiary/aromatic N) is 1. The van der Waals surface area contributed by atoms with Gasteiger partial charge in [-0.1, -0.05) is 44.5 Å². The molecule has 0 radical (unpaired) electrons. The van der Waals surface area contributed by atoms with Crippen LogP contribution in [-0.2, 0) is 4.79 Å². The highest BCUT2D eigenvalue weighted by molar-refractivity contribution is 6.30. The molecule has 1 saturated heterocycles. The number of benzene rings is 1. The van der Waals surface area contributed by atoms with Gasteiger partial charge in [-0.15, -0.1) is 0 Å². The Bertz CT molecular complexity index is 539. The van der Waals surface area contributed by atoms with Crippen LogP contribution in [0.25, 0.3) is 0 Å². The summed E-state index contributed by atoms with van der Waals surface area (Å²) in [4.78, 5) is 14.9. The lowest BCUT2D eigenvalue weighted by Crippen LogP contribution is -2.47. The van der Waals surface area contributed by atoms with Crippen molar-refractivity contribution < 1.29 is 4.79 Å². The molecule has 0 aromatic heterocycles. The number of halogens is 1. The number of hydrogen-bond acceptors (Lipinski definition) is 2. The summed E-state index contributed by atoms with van der Waals surface area (Å²) in [5.74, 6) is 1.26. The number of amides is 1. The van der Waals surface area contributed by atoms with Gasteiger partial charge in [0.15, 0.2) is 0 Å². The van der Waals surface area contributed by atoms with Crippen LogP contribution in [0.4, 0.5) is 0 Å². The van der Waals surface area contributed by atoms with Gasteiger partial charge in [0.25, 0.3) is 0 Å². The molecule has 0 spiro atoms. The number of hydrogen-bond donors (Lipinski definition) is 1. The summed E-state index contributed by atoms with van der Waals surface area (Å²) >= 11 is 6.13. The van der Waals surface area contributed by atoms with Crippen molar-refractivity contribution in [3.8, 4) is 0 Å². The fraction of sp³-hybridized carbons (Fsp3) is 0.588. The van der Waals surface area contributed by atoms with Crippen molar-refractivity contribution in [2.24, 2.45) is 11.8 Å². The molecule has 2 aliphatic rings. The molecule has 2 unspecified atom stereocenters. The normalized spacial score (nSPS) is 32.6. The first-order valence-electron chi connectivity index (χ1n) is 7.81. The smallest absolute Gasteiger partial charge is 0.241 e. The van der Waals surface area contributed by atoms with E-state index in [4.69, 9.17) is 11.6 Å². The SMILES string of the molecule is CC1CC(N2C(=O)C(C(C)C)NC2c2cccc(Cl)c2)C1. The van der Waals surface area contributed by atoms with E-state index in [-0.39, 0.29) is 18.1 Å². The third-order valence-electron chi connectivity index (χ3n) is 4.71. The maximum absolute atomic E-state index is 12.8. The molecule has 1 saturated carbocycles. The predicted molar refractivity (Wildman–Crippen MR) is 85.0 cm³/mol. The van der Waals surface area contributed by atoms with E-state index in [2.05, 4.69) is 37.1 Å². The fourth-order valence-electron chi connectivity index (χ4n) is 3.50. The third-order valence-corrected chi connectivity index (χ3v) is 4.94. The molecule has 3 rings (SSSR count). The summed E-state index contributed by atoms with van der Waals surface area (Å²) in [6.45, 7) is 6.44. The largest absolute Gasteiger partial charge is 0.319 e. The summed E-state index contributed by atoms with van der Waals surface area (Å²) in [5.41, 5.74) is 1.08. The minimum atomic E-state index is -0.0927. The molecule has 1 N–H and O–H groups in total. The maximum Gasteiger partial charge on any atom is 0.241 e. The van der Waals surface area contributed by atoms with Crippen LogP contribution in [0, 0.1) is 11.8 Å². The second kappa shape index (κ2) is 5.62. The second-order valence-corrected chi connectivity index (χ2v) is 7.26. The van der Waals surface area contributed by atoms with Gasteiger partial charge in [0.1, 0.15) is 6.17 Å². The lowest BCUT2D eigenvalue weighted by atomic mass is 9.80. The van der Waals surface area contributed by atoms with Gasteiger partial charge in [-0.2, -0.15) is 0 Å². The van der Waals surface area contributed by atoms with E-state index in [1.54, 1.807) is 0 Å². The van der Waals surface area contributed by atoms with Gasteiger partial charge in [0.05, 0.1) is 6.04 Å². The van der Waals surface area contributed by atoms with E-state index in [0.717, 1.165) is 29.3 Å². The molecule has 2 atom stereocenters. The first kappa shape index (κ1) is 14.9. The molecular formula is C17H23ClN2O. The molecule has 2 fully saturated rings. The van der Waals surface area contributed by atoms with E-state index >= 15 is 0 Å². The van der Waals surface area contributed by atoms with Crippen LogP contribution in [0.5, 0.6) is 0 Å². The molecule has 4 heteroatoms. The summed E-state index contributed by atoms with van der Waals surface area (Å²) in [5, 5.41) is 4.23. The van der Waals surface area contributed by atoms with Crippen LogP contribution in [-0.4, -0.2) is 22.9 Å². The van der Waals surface area contributed by atoms with Crippen LogP contribution in [0.2, 0.25) is 5.02 Å². The minimum absolute atomic E-state index is 0.0406. The Labute approximate surface area is 131 Å². The summed E-state index contributed by atoms with van der Waals surface area (Å²) in [6.07, 6.45) is 2.17. The van der Waals surface area contributed by atoms with Crippen molar-refractivity contribution in [3.63, 3.8) is 0 Å². The Kier molecular flexibility index (Phi) is 3.98. The van der Waals surface area contributed by atoms with E-state index in [1.165, 1.54) is 0 Å². The van der Waals surface area contributed by atoms with Crippen LogP contribution in [0.15, 0.2) is 24.3 Å². The fourth-order valence-corrected chi connectivity index (χ4v) is 3.70. The number of rotatable bonds is 3. The highest BCUT2D eigenvalue weighted by Crippen LogP contribution is 2.39. The van der Waals surface area contributed by atoms with Crippen LogP contribution >= 0.6 is 11.6 Å². The van der Waals surface area contributed by atoms with E-state index in [0.29, 0.717) is 12.0 Å². The molecule has 1 aromatic carbocycles. The highest BCUT2D eigenvalue weighted by atomic mass is 35.5. The zero-order valence-corrected chi connectivity index (χ0v) is 13.6. The van der Waals surface area contributed by atoms with Crippen molar-refractivity contribution in [3.05, 3.63) is 34.9 Å². The van der Waals surface area contributed by atoms with Gasteiger partial charge in [-0.05, 0) is 42.4 Å². The van der Waals surface area contributed by atoms with E-state index in [1.807, 2.05) is 18.2 Å². The lowest BCUT2D eigenvalue weighted by molar-refractivity contribution is -0.135. The van der Waals surface area contributed by atoms with E-state index < -0.39 is 0 Å². The monoisotopic (exact) mass is 306 g/mol. The molecule has 0 bridgehead atoms. The standard InChI is InChI=1S/C17H23ClN2O/c1-10(2)15-17(21)20(14-7-11(3)8-14)16(19-15)12-5-4-6-13(18)9-12/h4-6,9-11,14-16,19H,7-8H2,1-3H3. The van der Waals surface area contributed by atoms with Crippen molar-refractivity contribution in [1.82, 2.24) is 10.2 Å². The summed E-state index contributed by atoms with van der Waals surface area (Å²) in [6, 6.07) is 8.11. The first-order valence-corrected chi connectivity index (χ1v) is 8.19. The molecule has 1 heterocycles. The Balaban J connectivity index is 1.90. The van der Waals surface area contributed by atoms with Gasteiger partial charge in [-0.25, -0.2) is 0 Å². The molecule has 114 valence electrons. The van der Waals surface area contributed by atoms with Crippen LogP contribution in [0.3, 0.4) is 0 Å². The average molecular weight is 307 g/mol. The molecule has 21 heavy (non-hydrogen) atoms. The number of carbonyl (C=O) groups is 1. The topological polar surface area (TPSA) is 32.3 Å². The van der Waals surface area contributed by atoms with Gasteiger partial charge < -0.3 is 4.90 Å². The van der Waals surface area contributed by atoms with Crippen molar-refractivity contribution >= 4 is 17.5 Å². The van der Waals surface area contributed by atoms with Gasteiger partial charge in [-0.3, -0.25) is 10.1 Å². The quantitative estimate of drug-likeness (QED) is 0.925. The van der Waals surface area contributed by atoms with Crippen molar-refractivity contribution in [1.29, 1.82) is 0 Å². The number of carbonyl (C=O) groups excluding carboxylic acids is 1. The van der Waals surface area contributed by atoms with Gasteiger partial charge in [0, 0.05) is 11.1 Å². The maximum atomic E-state index is 12.8. The summed E-state index contributed by atoms with van der Waals surface area (Å²) < 4.78 is 0. The molecule has 3 nitrogen and oxygen atoms in total. The average Bonchev–Trinajstić information content (AvgIpc) is 2.73. The Morgan fingerprint density at radius 1 is 1.33 bits per heavy atom. The zero-order chi connectivity index (χ0) is 15.1. The lowest BCUT2D eigenvalue weighted by Gasteiger charge is -2.42. The molecular weight excluding hydrogens is 284 g/mol. The Hall–Kier alpha value is -1.06. The van der Waals surface area contributed by atoms with Crippen LogP contribution in [0.1, 0.15) is 45.3 Å². The summed E-state index contributed by atoms with van der Waals surface area (Å²) in [7, 11) is 0. The van der Waals surface area contributed by atoms with Gasteiger partial charge >= 0.3 is 0 Å². The van der Waals surface area contributed by atoms with Gasteiger partial charge in [0.2, 0.25) is 5.91 Å². The number of nitrogens with one attached hydrogen (secondary N) is 1. The Morgan fingerprint density at radius 2 is 2.05 bits per heavy atom. The third kappa shape index (κ3) is 2.69.